The van der Waals surface area contributed by atoms with Gasteiger partial charge in [-0.2, -0.15) is 0 Å². The topological polar surface area (TPSA) is 83.6 Å². The zero-order chi connectivity index (χ0) is 11.4. The van der Waals surface area contributed by atoms with E-state index in [2.05, 4.69) is 25.3 Å². The van der Waals surface area contributed by atoms with Crippen molar-refractivity contribution in [2.24, 2.45) is 0 Å². The summed E-state index contributed by atoms with van der Waals surface area (Å²) in [4.78, 5) is 26.3. The van der Waals surface area contributed by atoms with Gasteiger partial charge in [-0.05, 0) is 13.1 Å². The first-order valence-corrected chi connectivity index (χ1v) is 4.82. The Bertz CT molecular complexity index is 522. The third-order valence-electron chi connectivity index (χ3n) is 1.93. The summed E-state index contributed by atoms with van der Waals surface area (Å²) in [5.74, 6) is 0.802. The molecule has 0 aromatic carbocycles. The van der Waals surface area contributed by atoms with Gasteiger partial charge in [-0.15, -0.1) is 0 Å². The summed E-state index contributed by atoms with van der Waals surface area (Å²) in [5, 5.41) is 2.93. The molecule has 2 rings (SSSR count). The lowest BCUT2D eigenvalue weighted by Crippen LogP contribution is -2.15. The van der Waals surface area contributed by atoms with Crippen molar-refractivity contribution in [3.8, 4) is 11.6 Å². The fourth-order valence-corrected chi connectivity index (χ4v) is 1.31. The van der Waals surface area contributed by atoms with E-state index in [4.69, 9.17) is 0 Å². The van der Waals surface area contributed by atoms with Gasteiger partial charge < -0.3 is 10.3 Å². The molecule has 6 heteroatoms. The highest BCUT2D eigenvalue weighted by Gasteiger charge is 2.05. The molecule has 0 radical (unpaired) electrons. The summed E-state index contributed by atoms with van der Waals surface area (Å²) in [6.07, 6.45) is 3.21. The molecule has 0 aliphatic rings. The van der Waals surface area contributed by atoms with Crippen molar-refractivity contribution in [2.45, 2.75) is 6.54 Å². The van der Waals surface area contributed by atoms with E-state index in [1.807, 2.05) is 0 Å². The lowest BCUT2D eigenvalue weighted by molar-refractivity contribution is 0.783. The van der Waals surface area contributed by atoms with Crippen LogP contribution < -0.4 is 10.9 Å². The van der Waals surface area contributed by atoms with Crippen LogP contribution in [0.5, 0.6) is 0 Å². The monoisotopic (exact) mass is 217 g/mol. The number of aromatic nitrogens is 4. The van der Waals surface area contributed by atoms with Crippen LogP contribution in [-0.4, -0.2) is 27.0 Å². The van der Waals surface area contributed by atoms with E-state index in [1.165, 1.54) is 6.07 Å². The van der Waals surface area contributed by atoms with E-state index in [0.29, 0.717) is 23.9 Å². The molecule has 0 aliphatic carbocycles. The van der Waals surface area contributed by atoms with Gasteiger partial charge in [0.2, 0.25) is 0 Å². The molecule has 0 aliphatic heterocycles. The van der Waals surface area contributed by atoms with Gasteiger partial charge in [0.05, 0.1) is 5.69 Å². The molecule has 16 heavy (non-hydrogen) atoms. The van der Waals surface area contributed by atoms with Crippen LogP contribution in [-0.2, 0) is 6.54 Å². The van der Waals surface area contributed by atoms with Crippen molar-refractivity contribution < 1.29 is 0 Å². The first-order valence-electron chi connectivity index (χ1n) is 4.82. The van der Waals surface area contributed by atoms with Crippen LogP contribution in [0.15, 0.2) is 29.3 Å². The van der Waals surface area contributed by atoms with Crippen molar-refractivity contribution in [3.63, 3.8) is 0 Å². The third kappa shape index (κ3) is 2.29. The van der Waals surface area contributed by atoms with Gasteiger partial charge in [0, 0.05) is 25.0 Å². The molecule has 0 unspecified atom stereocenters. The molecular weight excluding hydrogens is 206 g/mol. The van der Waals surface area contributed by atoms with E-state index in [9.17, 15) is 4.79 Å². The first-order chi connectivity index (χ1) is 7.79. The Kier molecular flexibility index (Phi) is 3.02. The van der Waals surface area contributed by atoms with Crippen molar-refractivity contribution in [1.29, 1.82) is 0 Å². The Hall–Kier alpha value is -2.08. The van der Waals surface area contributed by atoms with E-state index in [-0.39, 0.29) is 5.56 Å². The second-order valence-electron chi connectivity index (χ2n) is 3.19. The lowest BCUT2D eigenvalue weighted by Gasteiger charge is -2.02. The molecule has 2 aromatic rings. The van der Waals surface area contributed by atoms with Gasteiger partial charge in [-0.1, -0.05) is 0 Å². The second kappa shape index (κ2) is 4.63. The maximum absolute atomic E-state index is 11.4. The fraction of sp³-hybridized carbons (Fsp3) is 0.200. The summed E-state index contributed by atoms with van der Waals surface area (Å²) < 4.78 is 0. The highest BCUT2D eigenvalue weighted by Crippen LogP contribution is 2.05. The molecule has 0 fully saturated rings. The number of H-pyrrole nitrogens is 1. The van der Waals surface area contributed by atoms with Crippen LogP contribution in [0.25, 0.3) is 11.6 Å². The van der Waals surface area contributed by atoms with Crippen LogP contribution in [0, 0.1) is 0 Å². The molecule has 6 nitrogen and oxygen atoms in total. The van der Waals surface area contributed by atoms with E-state index in [1.54, 1.807) is 25.5 Å². The van der Waals surface area contributed by atoms with Gasteiger partial charge in [0.25, 0.3) is 5.56 Å². The van der Waals surface area contributed by atoms with Crippen molar-refractivity contribution in [1.82, 2.24) is 25.3 Å². The smallest absolute Gasteiger partial charge is 0.251 e. The highest BCUT2D eigenvalue weighted by atomic mass is 16.1. The average Bonchev–Trinajstić information content (AvgIpc) is 2.30. The molecule has 2 heterocycles. The molecule has 2 aromatic heterocycles. The molecule has 0 saturated carbocycles. The number of hydrogen-bond acceptors (Lipinski definition) is 5. The minimum absolute atomic E-state index is 0.206. The normalized spacial score (nSPS) is 10.3. The minimum Gasteiger partial charge on any atom is -0.314 e. The van der Waals surface area contributed by atoms with E-state index >= 15 is 0 Å². The lowest BCUT2D eigenvalue weighted by atomic mass is 10.4. The summed E-state index contributed by atoms with van der Waals surface area (Å²) in [5.41, 5.74) is 0.455. The summed E-state index contributed by atoms with van der Waals surface area (Å²) in [7, 11) is 1.79. The largest absolute Gasteiger partial charge is 0.314 e. The predicted octanol–water partition coefficient (Wildman–Crippen LogP) is -0.0537. The average molecular weight is 217 g/mol. The fourth-order valence-electron chi connectivity index (χ4n) is 1.31. The number of aromatic amines is 1. The molecule has 0 amide bonds. The number of nitrogens with zero attached hydrogens (tertiary/aromatic N) is 3. The zero-order valence-corrected chi connectivity index (χ0v) is 8.77. The Morgan fingerprint density at radius 3 is 2.81 bits per heavy atom. The first kappa shape index (κ1) is 10.4. The van der Waals surface area contributed by atoms with Gasteiger partial charge in [0.15, 0.2) is 11.6 Å². The van der Waals surface area contributed by atoms with Gasteiger partial charge in [-0.3, -0.25) is 4.79 Å². The standard InChI is InChI=1S/C10H11N5O/c1-11-6-7-5-8(16)15-10(14-7)9-12-3-2-4-13-9/h2-5,11H,6H2,1H3,(H,14,15,16). The molecular formula is C10H11N5O. The molecule has 0 spiro atoms. The van der Waals surface area contributed by atoms with Crippen molar-refractivity contribution >= 4 is 0 Å². The van der Waals surface area contributed by atoms with E-state index in [0.717, 1.165) is 0 Å². The predicted molar refractivity (Wildman–Crippen MR) is 58.6 cm³/mol. The maximum atomic E-state index is 11.4. The van der Waals surface area contributed by atoms with Crippen LogP contribution in [0.4, 0.5) is 0 Å². The Morgan fingerprint density at radius 1 is 1.38 bits per heavy atom. The molecule has 82 valence electrons. The van der Waals surface area contributed by atoms with Crippen LogP contribution in [0.1, 0.15) is 5.69 Å². The molecule has 0 saturated heterocycles. The SMILES string of the molecule is CNCc1cc(=O)[nH]c(-c2ncccn2)n1. The Labute approximate surface area is 91.8 Å². The number of hydrogen-bond donors (Lipinski definition) is 2. The molecule has 0 atom stereocenters. The minimum atomic E-state index is -0.206. The number of nitrogens with one attached hydrogen (secondary N) is 2. The maximum Gasteiger partial charge on any atom is 0.251 e. The van der Waals surface area contributed by atoms with Crippen molar-refractivity contribution in [2.75, 3.05) is 7.05 Å². The van der Waals surface area contributed by atoms with Gasteiger partial charge >= 0.3 is 0 Å². The van der Waals surface area contributed by atoms with Crippen LogP contribution >= 0.6 is 0 Å². The Balaban J connectivity index is 2.45. The van der Waals surface area contributed by atoms with Crippen molar-refractivity contribution in [3.05, 3.63) is 40.6 Å². The summed E-state index contributed by atoms with van der Waals surface area (Å²) in [6.45, 7) is 0.532. The third-order valence-corrected chi connectivity index (χ3v) is 1.93. The quantitative estimate of drug-likeness (QED) is 0.752. The van der Waals surface area contributed by atoms with E-state index < -0.39 is 0 Å². The van der Waals surface area contributed by atoms with Gasteiger partial charge in [0.1, 0.15) is 0 Å². The highest BCUT2D eigenvalue weighted by molar-refractivity contribution is 5.41. The molecule has 2 N–H and O–H groups in total. The zero-order valence-electron chi connectivity index (χ0n) is 8.77. The number of rotatable bonds is 3. The summed E-state index contributed by atoms with van der Waals surface area (Å²) in [6, 6.07) is 3.15. The molecule has 0 bridgehead atoms. The summed E-state index contributed by atoms with van der Waals surface area (Å²) >= 11 is 0. The van der Waals surface area contributed by atoms with Gasteiger partial charge in [-0.25, -0.2) is 15.0 Å². The van der Waals surface area contributed by atoms with Crippen LogP contribution in [0.3, 0.4) is 0 Å². The second-order valence-corrected chi connectivity index (χ2v) is 3.19. The Morgan fingerprint density at radius 2 is 2.12 bits per heavy atom. The van der Waals surface area contributed by atoms with Crippen LogP contribution in [0.2, 0.25) is 0 Å².